The van der Waals surface area contributed by atoms with Crippen LogP contribution in [0.2, 0.25) is 0 Å². The fourth-order valence-corrected chi connectivity index (χ4v) is 2.01. The Bertz CT molecular complexity index is 223. The Hall–Kier alpha value is -0.610. The van der Waals surface area contributed by atoms with Crippen LogP contribution >= 0.6 is 0 Å². The van der Waals surface area contributed by atoms with Gasteiger partial charge in [0.1, 0.15) is 0 Å². The highest BCUT2D eigenvalue weighted by molar-refractivity contribution is 5.76. The lowest BCUT2D eigenvalue weighted by molar-refractivity contribution is -0.122. The summed E-state index contributed by atoms with van der Waals surface area (Å²) in [5.41, 5.74) is 5.87. The maximum absolute atomic E-state index is 11.5. The van der Waals surface area contributed by atoms with Gasteiger partial charge in [0, 0.05) is 25.6 Å². The van der Waals surface area contributed by atoms with Gasteiger partial charge in [0.15, 0.2) is 0 Å². The van der Waals surface area contributed by atoms with Crippen molar-refractivity contribution in [1.29, 1.82) is 0 Å². The van der Waals surface area contributed by atoms with E-state index in [4.69, 9.17) is 10.5 Å². The minimum Gasteiger partial charge on any atom is -0.376 e. The third-order valence-corrected chi connectivity index (χ3v) is 3.20. The van der Waals surface area contributed by atoms with Gasteiger partial charge in [-0.2, -0.15) is 0 Å². The van der Waals surface area contributed by atoms with Crippen molar-refractivity contribution >= 4 is 5.91 Å². The number of carbonyl (C=O) groups is 1. The minimum atomic E-state index is 0.0643. The summed E-state index contributed by atoms with van der Waals surface area (Å²) in [5.74, 6) is 0.670. The van der Waals surface area contributed by atoms with E-state index in [1.165, 1.54) is 12.8 Å². The predicted octanol–water partition coefficient (Wildman–Crippen LogP) is 0.409. The first-order valence-corrected chi connectivity index (χ1v) is 5.89. The van der Waals surface area contributed by atoms with Crippen molar-refractivity contribution in [1.82, 2.24) is 5.32 Å². The Labute approximate surface area is 90.5 Å². The molecule has 2 unspecified atom stereocenters. The number of amides is 1. The standard InChI is InChI=1S/C11H20N2O2/c12-10(8-3-4-8)6-11(14)13-7-9-2-1-5-15-9/h8-10H,1-7,12H2,(H,13,14). The van der Waals surface area contributed by atoms with Gasteiger partial charge in [-0.15, -0.1) is 0 Å². The molecule has 1 saturated carbocycles. The van der Waals surface area contributed by atoms with E-state index in [-0.39, 0.29) is 18.1 Å². The molecule has 15 heavy (non-hydrogen) atoms. The fourth-order valence-electron chi connectivity index (χ4n) is 2.01. The van der Waals surface area contributed by atoms with Crippen molar-refractivity contribution in [3.8, 4) is 0 Å². The molecule has 0 bridgehead atoms. The quantitative estimate of drug-likeness (QED) is 0.693. The lowest BCUT2D eigenvalue weighted by atomic mass is 10.1. The largest absolute Gasteiger partial charge is 0.376 e. The molecule has 2 aliphatic rings. The molecule has 2 rings (SSSR count). The van der Waals surface area contributed by atoms with Crippen LogP contribution in [0, 0.1) is 5.92 Å². The summed E-state index contributed by atoms with van der Waals surface area (Å²) >= 11 is 0. The Balaban J connectivity index is 1.59. The maximum atomic E-state index is 11.5. The van der Waals surface area contributed by atoms with E-state index in [1.54, 1.807) is 0 Å². The van der Waals surface area contributed by atoms with Gasteiger partial charge in [-0.1, -0.05) is 0 Å². The van der Waals surface area contributed by atoms with Gasteiger partial charge >= 0.3 is 0 Å². The monoisotopic (exact) mass is 212 g/mol. The Morgan fingerprint density at radius 2 is 2.27 bits per heavy atom. The van der Waals surface area contributed by atoms with Crippen LogP contribution in [0.4, 0.5) is 0 Å². The Kier molecular flexibility index (Phi) is 3.59. The zero-order valence-electron chi connectivity index (χ0n) is 9.08. The fraction of sp³-hybridized carbons (Fsp3) is 0.909. The normalized spacial score (nSPS) is 27.7. The summed E-state index contributed by atoms with van der Waals surface area (Å²) in [6, 6.07) is 0.0643. The molecule has 2 fully saturated rings. The molecule has 0 aromatic heterocycles. The number of hydrogen-bond donors (Lipinski definition) is 2. The molecule has 0 aromatic rings. The van der Waals surface area contributed by atoms with Gasteiger partial charge < -0.3 is 15.8 Å². The van der Waals surface area contributed by atoms with Crippen LogP contribution in [-0.4, -0.2) is 31.2 Å². The van der Waals surface area contributed by atoms with Crippen LogP contribution in [0.15, 0.2) is 0 Å². The number of nitrogens with two attached hydrogens (primary N) is 1. The molecule has 0 spiro atoms. The number of ether oxygens (including phenoxy) is 1. The molecular weight excluding hydrogens is 192 g/mol. The van der Waals surface area contributed by atoms with Crippen molar-refractivity contribution in [2.24, 2.45) is 11.7 Å². The smallest absolute Gasteiger partial charge is 0.221 e. The lowest BCUT2D eigenvalue weighted by Gasteiger charge is -2.13. The molecule has 1 amide bonds. The third-order valence-electron chi connectivity index (χ3n) is 3.20. The average Bonchev–Trinajstić information content (AvgIpc) is 2.93. The molecule has 0 aromatic carbocycles. The molecule has 1 aliphatic carbocycles. The van der Waals surface area contributed by atoms with Gasteiger partial charge in [0.05, 0.1) is 6.10 Å². The molecule has 1 aliphatic heterocycles. The van der Waals surface area contributed by atoms with Crippen molar-refractivity contribution in [2.45, 2.75) is 44.2 Å². The van der Waals surface area contributed by atoms with Crippen molar-refractivity contribution in [3.63, 3.8) is 0 Å². The molecule has 0 radical (unpaired) electrons. The molecule has 1 heterocycles. The van der Waals surface area contributed by atoms with E-state index in [0.717, 1.165) is 19.4 Å². The average molecular weight is 212 g/mol. The Morgan fingerprint density at radius 3 is 2.87 bits per heavy atom. The second-order valence-electron chi connectivity index (χ2n) is 4.64. The van der Waals surface area contributed by atoms with Crippen LogP contribution in [0.3, 0.4) is 0 Å². The van der Waals surface area contributed by atoms with Gasteiger partial charge in [0.2, 0.25) is 5.91 Å². The van der Waals surface area contributed by atoms with Gasteiger partial charge in [-0.3, -0.25) is 4.79 Å². The molecule has 86 valence electrons. The van der Waals surface area contributed by atoms with Gasteiger partial charge in [-0.05, 0) is 31.6 Å². The zero-order valence-corrected chi connectivity index (χ0v) is 9.08. The van der Waals surface area contributed by atoms with E-state index in [1.807, 2.05) is 0 Å². The molecule has 4 nitrogen and oxygen atoms in total. The van der Waals surface area contributed by atoms with E-state index < -0.39 is 0 Å². The van der Waals surface area contributed by atoms with Crippen LogP contribution in [0.1, 0.15) is 32.1 Å². The molecule has 4 heteroatoms. The minimum absolute atomic E-state index is 0.0643. The summed E-state index contributed by atoms with van der Waals surface area (Å²) in [7, 11) is 0. The molecule has 3 N–H and O–H groups in total. The topological polar surface area (TPSA) is 64.4 Å². The van der Waals surface area contributed by atoms with Gasteiger partial charge in [-0.25, -0.2) is 0 Å². The van der Waals surface area contributed by atoms with Crippen LogP contribution in [0.5, 0.6) is 0 Å². The third kappa shape index (κ3) is 3.47. The van der Waals surface area contributed by atoms with Crippen molar-refractivity contribution < 1.29 is 9.53 Å². The first kappa shape index (κ1) is 10.9. The summed E-state index contributed by atoms with van der Waals surface area (Å²) in [4.78, 5) is 11.5. The summed E-state index contributed by atoms with van der Waals surface area (Å²) in [6.45, 7) is 1.48. The number of hydrogen-bond acceptors (Lipinski definition) is 3. The molecule has 2 atom stereocenters. The first-order valence-electron chi connectivity index (χ1n) is 5.89. The molecular formula is C11H20N2O2. The van der Waals surface area contributed by atoms with E-state index in [0.29, 0.717) is 18.9 Å². The highest BCUT2D eigenvalue weighted by Crippen LogP contribution is 2.32. The number of nitrogens with one attached hydrogen (secondary N) is 1. The van der Waals surface area contributed by atoms with Crippen LogP contribution in [0.25, 0.3) is 0 Å². The first-order chi connectivity index (χ1) is 7.25. The summed E-state index contributed by atoms with van der Waals surface area (Å²) < 4.78 is 5.42. The summed E-state index contributed by atoms with van der Waals surface area (Å²) in [5, 5.41) is 2.89. The maximum Gasteiger partial charge on any atom is 0.221 e. The lowest BCUT2D eigenvalue weighted by Crippen LogP contribution is -2.36. The van der Waals surface area contributed by atoms with Gasteiger partial charge in [0.25, 0.3) is 0 Å². The highest BCUT2D eigenvalue weighted by atomic mass is 16.5. The van der Waals surface area contributed by atoms with Crippen LogP contribution in [-0.2, 0) is 9.53 Å². The van der Waals surface area contributed by atoms with Crippen molar-refractivity contribution in [3.05, 3.63) is 0 Å². The predicted molar refractivity (Wildman–Crippen MR) is 57.3 cm³/mol. The SMILES string of the molecule is NC(CC(=O)NCC1CCCO1)C1CC1. The van der Waals surface area contributed by atoms with E-state index >= 15 is 0 Å². The number of carbonyl (C=O) groups excluding carboxylic acids is 1. The molecule has 1 saturated heterocycles. The summed E-state index contributed by atoms with van der Waals surface area (Å²) in [6.07, 6.45) is 5.26. The Morgan fingerprint density at radius 1 is 1.47 bits per heavy atom. The second kappa shape index (κ2) is 4.94. The van der Waals surface area contributed by atoms with Crippen LogP contribution < -0.4 is 11.1 Å². The number of rotatable bonds is 5. The highest BCUT2D eigenvalue weighted by Gasteiger charge is 2.29. The van der Waals surface area contributed by atoms with Crippen molar-refractivity contribution in [2.75, 3.05) is 13.2 Å². The second-order valence-corrected chi connectivity index (χ2v) is 4.64. The zero-order chi connectivity index (χ0) is 10.7. The van der Waals surface area contributed by atoms with E-state index in [2.05, 4.69) is 5.32 Å². The van der Waals surface area contributed by atoms with E-state index in [9.17, 15) is 4.79 Å².